The summed E-state index contributed by atoms with van der Waals surface area (Å²) >= 11 is 0. The molecule has 3 aromatic carbocycles. The number of ether oxygens (including phenoxy) is 2. The Morgan fingerprint density at radius 3 is 2.09 bits per heavy atom. The molecule has 0 bridgehead atoms. The fraction of sp³-hybridized carbons (Fsp3) is 0.286. The van der Waals surface area contributed by atoms with Crippen molar-refractivity contribution in [2.24, 2.45) is 5.73 Å². The van der Waals surface area contributed by atoms with Gasteiger partial charge in [-0.1, -0.05) is 62.4 Å². The highest BCUT2D eigenvalue weighted by molar-refractivity contribution is 6.03. The Labute approximate surface area is 197 Å². The van der Waals surface area contributed by atoms with Crippen molar-refractivity contribution in [1.29, 1.82) is 0 Å². The summed E-state index contributed by atoms with van der Waals surface area (Å²) in [4.78, 5) is 0. The standard InChI is InChI=1S/C28H31NO2.ClH/c1-4-28(5-2,19-29)31-23-13-11-21(12-14-23)27-25-16-15-24(30-3)17-22(25)18-26(27)20-9-7-6-8-10-20;/h6-17H,4-5,18-19,29H2,1-3H3;1H. The first-order valence-electron chi connectivity index (χ1n) is 11.1. The molecular weight excluding hydrogens is 418 g/mol. The Hall–Kier alpha value is -2.75. The van der Waals surface area contributed by atoms with Gasteiger partial charge in [-0.05, 0) is 76.9 Å². The van der Waals surface area contributed by atoms with E-state index in [9.17, 15) is 0 Å². The Balaban J connectivity index is 0.00000289. The molecule has 0 unspecified atom stereocenters. The fourth-order valence-electron chi connectivity index (χ4n) is 4.41. The molecule has 1 aliphatic rings. The minimum Gasteiger partial charge on any atom is -0.497 e. The molecule has 0 saturated heterocycles. The van der Waals surface area contributed by atoms with Crippen LogP contribution < -0.4 is 15.2 Å². The van der Waals surface area contributed by atoms with E-state index in [0.717, 1.165) is 30.8 Å². The zero-order valence-electron chi connectivity index (χ0n) is 19.1. The van der Waals surface area contributed by atoms with Crippen molar-refractivity contribution < 1.29 is 9.47 Å². The minimum atomic E-state index is -0.299. The Morgan fingerprint density at radius 2 is 1.50 bits per heavy atom. The molecule has 0 heterocycles. The Morgan fingerprint density at radius 1 is 0.844 bits per heavy atom. The molecule has 2 N–H and O–H groups in total. The van der Waals surface area contributed by atoms with E-state index < -0.39 is 0 Å². The van der Waals surface area contributed by atoms with Gasteiger partial charge in [0.15, 0.2) is 0 Å². The molecule has 0 fully saturated rings. The van der Waals surface area contributed by atoms with Gasteiger partial charge in [0.1, 0.15) is 17.1 Å². The van der Waals surface area contributed by atoms with Crippen LogP contribution in [0.4, 0.5) is 0 Å². The van der Waals surface area contributed by atoms with Crippen LogP contribution in [-0.2, 0) is 6.42 Å². The van der Waals surface area contributed by atoms with Crippen LogP contribution in [0.2, 0.25) is 0 Å². The average molecular weight is 450 g/mol. The molecule has 32 heavy (non-hydrogen) atoms. The highest BCUT2D eigenvalue weighted by Gasteiger charge is 2.27. The molecule has 0 radical (unpaired) electrons. The largest absolute Gasteiger partial charge is 0.497 e. The number of halogens is 1. The molecule has 0 aromatic heterocycles. The Kier molecular flexibility index (Phi) is 7.65. The zero-order valence-corrected chi connectivity index (χ0v) is 19.9. The van der Waals surface area contributed by atoms with Crippen molar-refractivity contribution >= 4 is 23.6 Å². The van der Waals surface area contributed by atoms with Crippen LogP contribution in [0.15, 0.2) is 72.8 Å². The number of hydrogen-bond donors (Lipinski definition) is 1. The third kappa shape index (κ3) is 4.55. The normalized spacial score (nSPS) is 12.9. The van der Waals surface area contributed by atoms with Crippen LogP contribution in [-0.4, -0.2) is 19.3 Å². The molecule has 0 aliphatic heterocycles. The van der Waals surface area contributed by atoms with Crippen LogP contribution in [0.1, 0.15) is 48.9 Å². The molecule has 1 aliphatic carbocycles. The second-order valence-electron chi connectivity index (χ2n) is 8.14. The van der Waals surface area contributed by atoms with Crippen molar-refractivity contribution in [3.63, 3.8) is 0 Å². The maximum absolute atomic E-state index is 6.32. The Bertz CT molecular complexity index is 1060. The first-order chi connectivity index (χ1) is 15.1. The molecule has 0 saturated carbocycles. The molecule has 3 aromatic rings. The molecular formula is C28H32ClNO2. The van der Waals surface area contributed by atoms with Crippen molar-refractivity contribution in [3.8, 4) is 11.5 Å². The minimum absolute atomic E-state index is 0. The van der Waals surface area contributed by atoms with Gasteiger partial charge in [-0.25, -0.2) is 0 Å². The lowest BCUT2D eigenvalue weighted by molar-refractivity contribution is 0.0692. The molecule has 0 amide bonds. The van der Waals surface area contributed by atoms with Gasteiger partial charge in [-0.15, -0.1) is 12.4 Å². The highest BCUT2D eigenvalue weighted by Crippen LogP contribution is 2.43. The van der Waals surface area contributed by atoms with E-state index >= 15 is 0 Å². The fourth-order valence-corrected chi connectivity index (χ4v) is 4.41. The maximum atomic E-state index is 6.32. The van der Waals surface area contributed by atoms with Gasteiger partial charge in [0.25, 0.3) is 0 Å². The summed E-state index contributed by atoms with van der Waals surface area (Å²) in [5.74, 6) is 1.76. The van der Waals surface area contributed by atoms with Gasteiger partial charge in [-0.2, -0.15) is 0 Å². The van der Waals surface area contributed by atoms with Crippen LogP contribution >= 0.6 is 12.4 Å². The van der Waals surface area contributed by atoms with Gasteiger partial charge in [0.05, 0.1) is 7.11 Å². The van der Waals surface area contributed by atoms with Crippen molar-refractivity contribution in [3.05, 3.63) is 95.1 Å². The van der Waals surface area contributed by atoms with Gasteiger partial charge in [-0.3, -0.25) is 0 Å². The van der Waals surface area contributed by atoms with E-state index in [1.807, 2.05) is 6.07 Å². The topological polar surface area (TPSA) is 44.5 Å². The van der Waals surface area contributed by atoms with Gasteiger partial charge in [0, 0.05) is 6.54 Å². The van der Waals surface area contributed by atoms with Crippen LogP contribution in [0.25, 0.3) is 11.1 Å². The number of rotatable bonds is 8. The number of hydrogen-bond acceptors (Lipinski definition) is 3. The van der Waals surface area contributed by atoms with Crippen molar-refractivity contribution in [1.82, 2.24) is 0 Å². The summed E-state index contributed by atoms with van der Waals surface area (Å²) in [6.07, 6.45) is 2.67. The smallest absolute Gasteiger partial charge is 0.121 e. The lowest BCUT2D eigenvalue weighted by atomic mass is 9.94. The molecule has 0 spiro atoms. The average Bonchev–Trinajstić information content (AvgIpc) is 3.22. The number of methoxy groups -OCH3 is 1. The quantitative estimate of drug-likeness (QED) is 0.425. The van der Waals surface area contributed by atoms with E-state index in [1.165, 1.54) is 33.4 Å². The summed E-state index contributed by atoms with van der Waals surface area (Å²) in [6, 6.07) is 25.5. The maximum Gasteiger partial charge on any atom is 0.121 e. The lowest BCUT2D eigenvalue weighted by Crippen LogP contribution is -2.42. The summed E-state index contributed by atoms with van der Waals surface area (Å²) in [5, 5.41) is 0. The highest BCUT2D eigenvalue weighted by atomic mass is 35.5. The SMILES string of the molecule is CCC(CC)(CN)Oc1ccc(C2=C(c3ccccc3)Cc3cc(OC)ccc32)cc1.Cl. The predicted molar refractivity (Wildman–Crippen MR) is 136 cm³/mol. The molecule has 3 nitrogen and oxygen atoms in total. The monoisotopic (exact) mass is 449 g/mol. The third-order valence-electron chi connectivity index (χ3n) is 6.51. The van der Waals surface area contributed by atoms with Gasteiger partial charge in [0.2, 0.25) is 0 Å². The third-order valence-corrected chi connectivity index (χ3v) is 6.51. The first-order valence-corrected chi connectivity index (χ1v) is 11.1. The van der Waals surface area contributed by atoms with Gasteiger partial charge < -0.3 is 15.2 Å². The molecule has 0 atom stereocenters. The second kappa shape index (κ2) is 10.2. The first kappa shape index (κ1) is 23.9. The van der Waals surface area contributed by atoms with Gasteiger partial charge >= 0.3 is 0 Å². The van der Waals surface area contributed by atoms with Crippen LogP contribution in [0.5, 0.6) is 11.5 Å². The zero-order chi connectivity index (χ0) is 21.8. The van der Waals surface area contributed by atoms with Crippen molar-refractivity contribution in [2.45, 2.75) is 38.7 Å². The number of fused-ring (bicyclic) bond motifs is 1. The van der Waals surface area contributed by atoms with Crippen LogP contribution in [0, 0.1) is 0 Å². The van der Waals surface area contributed by atoms with E-state index in [2.05, 4.69) is 80.6 Å². The molecule has 4 rings (SSSR count). The molecule has 4 heteroatoms. The van der Waals surface area contributed by atoms with E-state index in [0.29, 0.717) is 6.54 Å². The summed E-state index contributed by atoms with van der Waals surface area (Å²) in [7, 11) is 1.72. The summed E-state index contributed by atoms with van der Waals surface area (Å²) in [5.41, 5.74) is 13.4. The van der Waals surface area contributed by atoms with Crippen molar-refractivity contribution in [2.75, 3.05) is 13.7 Å². The predicted octanol–water partition coefficient (Wildman–Crippen LogP) is 6.53. The second-order valence-corrected chi connectivity index (χ2v) is 8.14. The van der Waals surface area contributed by atoms with E-state index in [1.54, 1.807) is 7.11 Å². The van der Waals surface area contributed by atoms with E-state index in [4.69, 9.17) is 15.2 Å². The number of allylic oxidation sites excluding steroid dienone is 1. The molecule has 168 valence electrons. The van der Waals surface area contributed by atoms with Crippen LogP contribution in [0.3, 0.4) is 0 Å². The van der Waals surface area contributed by atoms with E-state index in [-0.39, 0.29) is 18.0 Å². The number of nitrogens with two attached hydrogens (primary N) is 1. The number of benzene rings is 3. The lowest BCUT2D eigenvalue weighted by Gasteiger charge is -2.31. The summed E-state index contributed by atoms with van der Waals surface area (Å²) < 4.78 is 11.8. The summed E-state index contributed by atoms with van der Waals surface area (Å²) in [6.45, 7) is 4.77.